The van der Waals surface area contributed by atoms with Crippen molar-refractivity contribution in [2.24, 2.45) is 17.6 Å². The van der Waals surface area contributed by atoms with E-state index in [1.165, 1.54) is 30.2 Å². The highest BCUT2D eigenvalue weighted by Crippen LogP contribution is 2.40. The molecule has 2 aromatic rings. The third kappa shape index (κ3) is 1.91. The van der Waals surface area contributed by atoms with Crippen LogP contribution in [-0.2, 0) is 0 Å². The van der Waals surface area contributed by atoms with Gasteiger partial charge in [0.2, 0.25) is 0 Å². The van der Waals surface area contributed by atoms with Crippen LogP contribution >= 0.6 is 0 Å². The minimum absolute atomic E-state index is 0.126. The summed E-state index contributed by atoms with van der Waals surface area (Å²) in [6.45, 7) is 2.33. The highest BCUT2D eigenvalue weighted by atomic mass is 14.7. The van der Waals surface area contributed by atoms with Gasteiger partial charge >= 0.3 is 0 Å². The Labute approximate surface area is 108 Å². The van der Waals surface area contributed by atoms with Crippen molar-refractivity contribution in [1.29, 1.82) is 0 Å². The van der Waals surface area contributed by atoms with E-state index in [1.807, 2.05) is 12.3 Å². The molecule has 0 saturated heterocycles. The molecule has 2 N–H and O–H groups in total. The maximum Gasteiger partial charge on any atom is 0.0749 e. The standard InChI is InChI=1S/C16H20N2/c1-11-5-2-8-13(11)15(17)14-9-3-6-12-7-4-10-18-16(12)14/h3-4,6-7,9-11,13,15H,2,5,8,17H2,1H3. The van der Waals surface area contributed by atoms with Crippen LogP contribution in [0.3, 0.4) is 0 Å². The van der Waals surface area contributed by atoms with Crippen molar-refractivity contribution in [3.05, 3.63) is 42.1 Å². The number of benzene rings is 1. The average molecular weight is 240 g/mol. The first-order chi connectivity index (χ1) is 8.77. The second-order valence-corrected chi connectivity index (χ2v) is 5.52. The smallest absolute Gasteiger partial charge is 0.0749 e. The minimum Gasteiger partial charge on any atom is -0.324 e. The van der Waals surface area contributed by atoms with E-state index < -0.39 is 0 Å². The number of nitrogens with zero attached hydrogens (tertiary/aromatic N) is 1. The number of aromatic nitrogens is 1. The fourth-order valence-corrected chi connectivity index (χ4v) is 3.34. The molecule has 3 rings (SSSR count). The summed E-state index contributed by atoms with van der Waals surface area (Å²) < 4.78 is 0. The molecule has 1 aromatic heterocycles. The number of para-hydroxylation sites is 1. The van der Waals surface area contributed by atoms with Crippen LogP contribution in [-0.4, -0.2) is 4.98 Å². The van der Waals surface area contributed by atoms with Gasteiger partial charge in [0.15, 0.2) is 0 Å². The largest absolute Gasteiger partial charge is 0.324 e. The van der Waals surface area contributed by atoms with Gasteiger partial charge in [-0.15, -0.1) is 0 Å². The Morgan fingerprint density at radius 2 is 2.06 bits per heavy atom. The Kier molecular flexibility index (Phi) is 3.04. The molecule has 1 aliphatic rings. The summed E-state index contributed by atoms with van der Waals surface area (Å²) in [5, 5.41) is 1.19. The molecule has 0 spiro atoms. The summed E-state index contributed by atoms with van der Waals surface area (Å²) in [4.78, 5) is 4.52. The number of fused-ring (bicyclic) bond motifs is 1. The molecule has 1 saturated carbocycles. The van der Waals surface area contributed by atoms with Crippen LogP contribution in [0.5, 0.6) is 0 Å². The zero-order chi connectivity index (χ0) is 12.5. The first-order valence-electron chi connectivity index (χ1n) is 6.86. The predicted molar refractivity (Wildman–Crippen MR) is 75.2 cm³/mol. The highest BCUT2D eigenvalue weighted by molar-refractivity contribution is 5.82. The molecule has 1 aliphatic carbocycles. The van der Waals surface area contributed by atoms with Crippen molar-refractivity contribution in [3.8, 4) is 0 Å². The fraction of sp³-hybridized carbons (Fsp3) is 0.438. The highest BCUT2D eigenvalue weighted by Gasteiger charge is 2.30. The Bertz CT molecular complexity index is 544. The average Bonchev–Trinajstić information content (AvgIpc) is 2.83. The molecule has 3 unspecified atom stereocenters. The van der Waals surface area contributed by atoms with Gasteiger partial charge in [0.25, 0.3) is 0 Å². The fourth-order valence-electron chi connectivity index (χ4n) is 3.34. The van der Waals surface area contributed by atoms with Gasteiger partial charge in [0.1, 0.15) is 0 Å². The van der Waals surface area contributed by atoms with E-state index in [4.69, 9.17) is 5.73 Å². The molecule has 1 aromatic carbocycles. The van der Waals surface area contributed by atoms with E-state index in [0.717, 1.165) is 11.4 Å². The van der Waals surface area contributed by atoms with Crippen LogP contribution < -0.4 is 5.73 Å². The Morgan fingerprint density at radius 3 is 2.83 bits per heavy atom. The lowest BCUT2D eigenvalue weighted by Crippen LogP contribution is -2.23. The molecule has 0 radical (unpaired) electrons. The summed E-state index contributed by atoms with van der Waals surface area (Å²) in [7, 11) is 0. The minimum atomic E-state index is 0.126. The van der Waals surface area contributed by atoms with Crippen LogP contribution in [0.1, 0.15) is 37.8 Å². The lowest BCUT2D eigenvalue weighted by molar-refractivity contribution is 0.352. The van der Waals surface area contributed by atoms with Gasteiger partial charge in [-0.2, -0.15) is 0 Å². The lowest BCUT2D eigenvalue weighted by Gasteiger charge is -2.24. The van der Waals surface area contributed by atoms with Crippen molar-refractivity contribution in [3.63, 3.8) is 0 Å². The Hall–Kier alpha value is -1.41. The summed E-state index contributed by atoms with van der Waals surface area (Å²) in [6.07, 6.45) is 5.75. The molecule has 0 bridgehead atoms. The Balaban J connectivity index is 2.03. The number of pyridine rings is 1. The third-order valence-electron chi connectivity index (χ3n) is 4.41. The summed E-state index contributed by atoms with van der Waals surface area (Å²) in [5.74, 6) is 1.34. The third-order valence-corrected chi connectivity index (χ3v) is 4.41. The van der Waals surface area contributed by atoms with Crippen molar-refractivity contribution in [2.75, 3.05) is 0 Å². The molecule has 94 valence electrons. The first-order valence-corrected chi connectivity index (χ1v) is 6.86. The zero-order valence-corrected chi connectivity index (χ0v) is 10.8. The molecule has 1 fully saturated rings. The van der Waals surface area contributed by atoms with Gasteiger partial charge in [0, 0.05) is 17.6 Å². The van der Waals surface area contributed by atoms with E-state index in [1.54, 1.807) is 0 Å². The van der Waals surface area contributed by atoms with Crippen LogP contribution in [0.25, 0.3) is 10.9 Å². The van der Waals surface area contributed by atoms with Crippen molar-refractivity contribution in [1.82, 2.24) is 4.98 Å². The second kappa shape index (κ2) is 4.69. The predicted octanol–water partition coefficient (Wildman–Crippen LogP) is 3.67. The van der Waals surface area contributed by atoms with Crippen LogP contribution in [0, 0.1) is 11.8 Å². The maximum atomic E-state index is 6.52. The van der Waals surface area contributed by atoms with Gasteiger partial charge in [-0.3, -0.25) is 4.98 Å². The quantitative estimate of drug-likeness (QED) is 0.869. The number of rotatable bonds is 2. The molecular formula is C16H20N2. The molecule has 18 heavy (non-hydrogen) atoms. The molecule has 3 atom stereocenters. The van der Waals surface area contributed by atoms with Crippen molar-refractivity contribution in [2.45, 2.75) is 32.2 Å². The maximum absolute atomic E-state index is 6.52. The van der Waals surface area contributed by atoms with Gasteiger partial charge in [-0.1, -0.05) is 44.0 Å². The summed E-state index contributed by atoms with van der Waals surface area (Å²) in [6, 6.07) is 10.6. The summed E-state index contributed by atoms with van der Waals surface area (Å²) in [5.41, 5.74) is 8.81. The molecule has 2 nitrogen and oxygen atoms in total. The first kappa shape index (κ1) is 11.7. The van der Waals surface area contributed by atoms with E-state index in [2.05, 4.69) is 36.2 Å². The van der Waals surface area contributed by atoms with Gasteiger partial charge < -0.3 is 5.73 Å². The number of hydrogen-bond donors (Lipinski definition) is 1. The van der Waals surface area contributed by atoms with E-state index in [9.17, 15) is 0 Å². The van der Waals surface area contributed by atoms with Crippen LogP contribution in [0.2, 0.25) is 0 Å². The van der Waals surface area contributed by atoms with E-state index in [0.29, 0.717) is 5.92 Å². The molecule has 0 aliphatic heterocycles. The zero-order valence-electron chi connectivity index (χ0n) is 10.8. The molecule has 2 heteroatoms. The van der Waals surface area contributed by atoms with Crippen LogP contribution in [0.15, 0.2) is 36.5 Å². The van der Waals surface area contributed by atoms with E-state index in [-0.39, 0.29) is 6.04 Å². The van der Waals surface area contributed by atoms with Crippen LogP contribution in [0.4, 0.5) is 0 Å². The van der Waals surface area contributed by atoms with Crippen molar-refractivity contribution < 1.29 is 0 Å². The SMILES string of the molecule is CC1CCCC1C(N)c1cccc2cccnc12. The van der Waals surface area contributed by atoms with Crippen molar-refractivity contribution >= 4 is 10.9 Å². The topological polar surface area (TPSA) is 38.9 Å². The number of nitrogens with two attached hydrogens (primary N) is 1. The van der Waals surface area contributed by atoms with E-state index >= 15 is 0 Å². The van der Waals surface area contributed by atoms with Gasteiger partial charge in [-0.05, 0) is 29.9 Å². The van der Waals surface area contributed by atoms with Gasteiger partial charge in [-0.25, -0.2) is 0 Å². The van der Waals surface area contributed by atoms with Gasteiger partial charge in [0.05, 0.1) is 5.52 Å². The number of hydrogen-bond acceptors (Lipinski definition) is 2. The summed E-state index contributed by atoms with van der Waals surface area (Å²) >= 11 is 0. The second-order valence-electron chi connectivity index (χ2n) is 5.52. The molecule has 1 heterocycles. The molecule has 0 amide bonds. The molecular weight excluding hydrogens is 220 g/mol. The normalized spacial score (nSPS) is 25.4. The Morgan fingerprint density at radius 1 is 1.22 bits per heavy atom. The lowest BCUT2D eigenvalue weighted by atomic mass is 9.86. The monoisotopic (exact) mass is 240 g/mol.